The number of nitrogens with zero attached hydrogens (tertiary/aromatic N) is 2. The topological polar surface area (TPSA) is 65.5 Å². The standard InChI is InChI=1S/C27H29F2N3O2/c28-20-6-4-7-21(29)24(20)27(13-1-2-14-27)17-30-26(34)19-11-15-32(16-12-19)23-10-9-18-5-3-8-22(33)25(18)31-23/h3-10,19,33H,1-2,11-17H2,(H,30,34). The molecule has 1 saturated carbocycles. The summed E-state index contributed by atoms with van der Waals surface area (Å²) in [5, 5.41) is 14.0. The van der Waals surface area contributed by atoms with Crippen molar-refractivity contribution in [3.63, 3.8) is 0 Å². The van der Waals surface area contributed by atoms with Crippen LogP contribution in [-0.2, 0) is 10.2 Å². The maximum Gasteiger partial charge on any atom is 0.223 e. The van der Waals surface area contributed by atoms with Gasteiger partial charge in [0.2, 0.25) is 5.91 Å². The molecule has 0 spiro atoms. The number of benzene rings is 2. The molecule has 178 valence electrons. The molecule has 3 aromatic rings. The van der Waals surface area contributed by atoms with Crippen LogP contribution in [0.25, 0.3) is 10.9 Å². The molecule has 2 aliphatic rings. The number of piperidine rings is 1. The Balaban J connectivity index is 1.23. The number of amides is 1. The van der Waals surface area contributed by atoms with E-state index in [2.05, 4.69) is 15.2 Å². The fourth-order valence-electron chi connectivity index (χ4n) is 5.64. The predicted molar refractivity (Wildman–Crippen MR) is 128 cm³/mol. The van der Waals surface area contributed by atoms with Crippen LogP contribution in [0, 0.1) is 17.6 Å². The highest BCUT2D eigenvalue weighted by atomic mass is 19.1. The van der Waals surface area contributed by atoms with E-state index in [1.165, 1.54) is 18.2 Å². The summed E-state index contributed by atoms with van der Waals surface area (Å²) in [7, 11) is 0. The van der Waals surface area contributed by atoms with Gasteiger partial charge in [0.1, 0.15) is 28.7 Å². The number of hydrogen-bond donors (Lipinski definition) is 2. The van der Waals surface area contributed by atoms with Crippen molar-refractivity contribution in [1.82, 2.24) is 10.3 Å². The summed E-state index contributed by atoms with van der Waals surface area (Å²) in [6.45, 7) is 1.62. The van der Waals surface area contributed by atoms with E-state index in [1.807, 2.05) is 18.2 Å². The molecule has 5 rings (SSSR count). The van der Waals surface area contributed by atoms with Gasteiger partial charge >= 0.3 is 0 Å². The summed E-state index contributed by atoms with van der Waals surface area (Å²) in [5.74, 6) is -0.314. The fourth-order valence-corrected chi connectivity index (χ4v) is 5.64. The molecule has 1 aliphatic carbocycles. The fraction of sp³-hybridized carbons (Fsp3) is 0.407. The zero-order valence-corrected chi connectivity index (χ0v) is 19.1. The summed E-state index contributed by atoms with van der Waals surface area (Å²) in [5.41, 5.74) is 0.0124. The van der Waals surface area contributed by atoms with Gasteiger partial charge in [-0.15, -0.1) is 0 Å². The van der Waals surface area contributed by atoms with Crippen LogP contribution in [0.15, 0.2) is 48.5 Å². The number of fused-ring (bicyclic) bond motifs is 1. The van der Waals surface area contributed by atoms with E-state index in [9.17, 15) is 18.7 Å². The van der Waals surface area contributed by atoms with Gasteiger partial charge in [-0.05, 0) is 56.0 Å². The lowest BCUT2D eigenvalue weighted by Crippen LogP contribution is -2.45. The second kappa shape index (κ2) is 9.20. The molecule has 2 heterocycles. The van der Waals surface area contributed by atoms with Crippen LogP contribution in [0.1, 0.15) is 44.1 Å². The quantitative estimate of drug-likeness (QED) is 0.553. The van der Waals surface area contributed by atoms with E-state index in [0.717, 1.165) is 24.0 Å². The van der Waals surface area contributed by atoms with Gasteiger partial charge in [-0.25, -0.2) is 13.8 Å². The number of halogens is 2. The highest BCUT2D eigenvalue weighted by Gasteiger charge is 2.40. The largest absolute Gasteiger partial charge is 0.506 e. The summed E-state index contributed by atoms with van der Waals surface area (Å²) < 4.78 is 29.1. The Morgan fingerprint density at radius 2 is 1.71 bits per heavy atom. The van der Waals surface area contributed by atoms with Gasteiger partial charge in [-0.2, -0.15) is 0 Å². The molecule has 1 aromatic heterocycles. The molecule has 0 radical (unpaired) electrons. The van der Waals surface area contributed by atoms with Crippen LogP contribution in [0.5, 0.6) is 5.75 Å². The average Bonchev–Trinajstić information content (AvgIpc) is 3.32. The van der Waals surface area contributed by atoms with Crippen molar-refractivity contribution in [3.8, 4) is 5.75 Å². The van der Waals surface area contributed by atoms with Crippen molar-refractivity contribution in [2.45, 2.75) is 43.9 Å². The first kappa shape index (κ1) is 22.6. The molecule has 2 N–H and O–H groups in total. The number of carbonyl (C=O) groups is 1. The molecular formula is C27H29F2N3O2. The maximum absolute atomic E-state index is 14.6. The Kier molecular flexibility index (Phi) is 6.11. The lowest BCUT2D eigenvalue weighted by atomic mass is 9.78. The summed E-state index contributed by atoms with van der Waals surface area (Å²) in [6.07, 6.45) is 4.49. The van der Waals surface area contributed by atoms with Gasteiger partial charge in [-0.1, -0.05) is 31.0 Å². The molecule has 1 saturated heterocycles. The molecule has 2 fully saturated rings. The number of pyridine rings is 1. The first-order valence-electron chi connectivity index (χ1n) is 12.0. The lowest BCUT2D eigenvalue weighted by molar-refractivity contribution is -0.125. The van der Waals surface area contributed by atoms with Crippen LogP contribution in [0.4, 0.5) is 14.6 Å². The molecule has 1 amide bonds. The third-order valence-electron chi connectivity index (χ3n) is 7.53. The minimum atomic E-state index is -0.678. The number of nitrogens with one attached hydrogen (secondary N) is 1. The molecule has 7 heteroatoms. The molecule has 1 aliphatic heterocycles. The van der Waals surface area contributed by atoms with E-state index in [-0.39, 0.29) is 29.7 Å². The average molecular weight is 466 g/mol. The molecule has 0 bridgehead atoms. The molecule has 0 atom stereocenters. The minimum Gasteiger partial charge on any atom is -0.506 e. The van der Waals surface area contributed by atoms with Crippen molar-refractivity contribution in [1.29, 1.82) is 0 Å². The highest BCUT2D eigenvalue weighted by Crippen LogP contribution is 2.43. The first-order valence-corrected chi connectivity index (χ1v) is 12.0. The summed E-state index contributed by atoms with van der Waals surface area (Å²) in [6, 6.07) is 13.2. The first-order chi connectivity index (χ1) is 16.5. The van der Waals surface area contributed by atoms with E-state index in [4.69, 9.17) is 0 Å². The number of carbonyl (C=O) groups excluding carboxylic acids is 1. The molecule has 5 nitrogen and oxygen atoms in total. The predicted octanol–water partition coefficient (Wildman–Crippen LogP) is 5.06. The lowest BCUT2D eigenvalue weighted by Gasteiger charge is -2.34. The third kappa shape index (κ3) is 4.19. The monoisotopic (exact) mass is 465 g/mol. The van der Waals surface area contributed by atoms with Gasteiger partial charge in [0.15, 0.2) is 0 Å². The van der Waals surface area contributed by atoms with E-state index < -0.39 is 17.0 Å². The van der Waals surface area contributed by atoms with Gasteiger partial charge in [0, 0.05) is 41.9 Å². The van der Waals surface area contributed by atoms with E-state index in [0.29, 0.717) is 44.3 Å². The van der Waals surface area contributed by atoms with Crippen LogP contribution in [-0.4, -0.2) is 35.6 Å². The molecule has 34 heavy (non-hydrogen) atoms. The number of hydrogen-bond acceptors (Lipinski definition) is 4. The van der Waals surface area contributed by atoms with Crippen LogP contribution in [0.2, 0.25) is 0 Å². The molecule has 0 unspecified atom stereocenters. The minimum absolute atomic E-state index is 0.0493. The Bertz CT molecular complexity index is 1180. The zero-order valence-electron chi connectivity index (χ0n) is 19.1. The number of para-hydroxylation sites is 1. The van der Waals surface area contributed by atoms with Crippen LogP contribution < -0.4 is 10.2 Å². The Hall–Kier alpha value is -3.22. The highest BCUT2D eigenvalue weighted by molar-refractivity contribution is 5.85. The molecule has 2 aromatic carbocycles. The Labute approximate surface area is 197 Å². The smallest absolute Gasteiger partial charge is 0.223 e. The van der Waals surface area contributed by atoms with Crippen LogP contribution >= 0.6 is 0 Å². The van der Waals surface area contributed by atoms with Crippen molar-refractivity contribution in [3.05, 3.63) is 65.7 Å². The van der Waals surface area contributed by atoms with Gasteiger partial charge < -0.3 is 15.3 Å². The van der Waals surface area contributed by atoms with Gasteiger partial charge in [0.25, 0.3) is 0 Å². The Morgan fingerprint density at radius 1 is 1.03 bits per heavy atom. The summed E-state index contributed by atoms with van der Waals surface area (Å²) >= 11 is 0. The van der Waals surface area contributed by atoms with Gasteiger partial charge in [-0.3, -0.25) is 4.79 Å². The van der Waals surface area contributed by atoms with Crippen LogP contribution in [0.3, 0.4) is 0 Å². The van der Waals surface area contributed by atoms with Crippen molar-refractivity contribution in [2.24, 2.45) is 5.92 Å². The number of rotatable bonds is 5. The Morgan fingerprint density at radius 3 is 2.41 bits per heavy atom. The van der Waals surface area contributed by atoms with Gasteiger partial charge in [0.05, 0.1) is 0 Å². The van der Waals surface area contributed by atoms with E-state index in [1.54, 1.807) is 12.1 Å². The second-order valence-corrected chi connectivity index (χ2v) is 9.58. The van der Waals surface area contributed by atoms with Crippen molar-refractivity contribution >= 4 is 22.6 Å². The third-order valence-corrected chi connectivity index (χ3v) is 7.53. The van der Waals surface area contributed by atoms with E-state index >= 15 is 0 Å². The number of phenolic OH excluding ortho intramolecular Hbond substituents is 1. The summed E-state index contributed by atoms with van der Waals surface area (Å²) in [4.78, 5) is 19.7. The number of aromatic hydroxyl groups is 1. The van der Waals surface area contributed by atoms with Crippen molar-refractivity contribution < 1.29 is 18.7 Å². The SMILES string of the molecule is O=C(NCC1(c2c(F)cccc2F)CCCC1)C1CCN(c2ccc3cccc(O)c3n2)CC1. The normalized spacial score (nSPS) is 18.4. The maximum atomic E-state index is 14.6. The number of phenols is 1. The zero-order chi connectivity index (χ0) is 23.7. The molecular weight excluding hydrogens is 436 g/mol. The number of aromatic nitrogens is 1. The second-order valence-electron chi connectivity index (χ2n) is 9.58. The number of anilines is 1. The van der Waals surface area contributed by atoms with Crippen molar-refractivity contribution in [2.75, 3.05) is 24.5 Å².